The number of rotatable bonds is 9. The van der Waals surface area contributed by atoms with Crippen LogP contribution in [0.5, 0.6) is 0 Å². The molecular formula is C35H45Cl2N3O3. The van der Waals surface area contributed by atoms with E-state index in [9.17, 15) is 9.59 Å². The molecule has 6 nitrogen and oxygen atoms in total. The first kappa shape index (κ1) is 33.1. The molecule has 0 unspecified atom stereocenters. The number of amides is 2. The second-order valence-corrected chi connectivity index (χ2v) is 13.6. The summed E-state index contributed by atoms with van der Waals surface area (Å²) >= 11 is 12.8. The van der Waals surface area contributed by atoms with E-state index in [1.54, 1.807) is 4.90 Å². The minimum atomic E-state index is -0.791. The molecule has 2 fully saturated rings. The summed E-state index contributed by atoms with van der Waals surface area (Å²) in [6, 6.07) is 15.5. The Kier molecular flexibility index (Phi) is 10.7. The van der Waals surface area contributed by atoms with Crippen LogP contribution in [0.4, 0.5) is 4.79 Å². The summed E-state index contributed by atoms with van der Waals surface area (Å²) in [5.74, 6) is 0.0356. The van der Waals surface area contributed by atoms with Gasteiger partial charge in [0.05, 0.1) is 11.5 Å². The van der Waals surface area contributed by atoms with Gasteiger partial charge in [-0.05, 0) is 75.4 Å². The van der Waals surface area contributed by atoms with E-state index >= 15 is 0 Å². The zero-order chi connectivity index (χ0) is 31.4. The fraction of sp³-hybridized carbons (Fsp3) is 0.486. The van der Waals surface area contributed by atoms with Gasteiger partial charge in [-0.15, -0.1) is 13.2 Å². The van der Waals surface area contributed by atoms with Gasteiger partial charge in [-0.3, -0.25) is 9.69 Å². The van der Waals surface area contributed by atoms with Crippen LogP contribution in [0.3, 0.4) is 0 Å². The van der Waals surface area contributed by atoms with Crippen LogP contribution in [0, 0.1) is 5.41 Å². The molecule has 8 heteroatoms. The van der Waals surface area contributed by atoms with Crippen LogP contribution in [0.2, 0.25) is 10.0 Å². The Morgan fingerprint density at radius 3 is 2.28 bits per heavy atom. The Morgan fingerprint density at radius 1 is 1.05 bits per heavy atom. The number of carbonyl (C=O) groups excluding carboxylic acids is 2. The number of halogens is 2. The van der Waals surface area contributed by atoms with E-state index < -0.39 is 11.0 Å². The highest BCUT2D eigenvalue weighted by molar-refractivity contribution is 6.30. The average Bonchev–Trinajstić information content (AvgIpc) is 2.97. The molecule has 2 aliphatic heterocycles. The minimum Gasteiger partial charge on any atom is -0.444 e. The Bertz CT molecular complexity index is 1300. The Labute approximate surface area is 267 Å². The van der Waals surface area contributed by atoms with E-state index in [2.05, 4.69) is 35.9 Å². The maximum Gasteiger partial charge on any atom is 0.410 e. The summed E-state index contributed by atoms with van der Waals surface area (Å²) in [7, 11) is 0. The standard InChI is InChI=1S/C35H45Cl2N3O3/c1-7-17-35(9-3)23-30(26-11-10-12-28(37)22-26)31(25-13-15-27(36)16-14-25)40(32(35)41)29(8-2)24-38-18-20-39(21-19-38)33(42)43-34(4,5)6/h7,9-16,22,29-31H,1,3,8,17-21,23-24H2,2,4-6H3/t29-,30+,31+,35-/m0/s1. The molecule has 2 heterocycles. The van der Waals surface area contributed by atoms with Crippen molar-refractivity contribution in [3.05, 3.63) is 95.0 Å². The summed E-state index contributed by atoms with van der Waals surface area (Å²) in [6.07, 6.45) is 5.24. The molecule has 2 aliphatic rings. The predicted molar refractivity (Wildman–Crippen MR) is 176 cm³/mol. The molecule has 2 aromatic rings. The number of carbonyl (C=O) groups is 2. The van der Waals surface area contributed by atoms with Crippen LogP contribution in [-0.2, 0) is 9.53 Å². The molecule has 0 N–H and O–H groups in total. The average molecular weight is 627 g/mol. The fourth-order valence-corrected chi connectivity index (χ4v) is 6.81. The van der Waals surface area contributed by atoms with E-state index in [1.807, 2.05) is 75.4 Å². The van der Waals surface area contributed by atoms with Crippen molar-refractivity contribution in [1.29, 1.82) is 0 Å². The molecular weight excluding hydrogens is 581 g/mol. The van der Waals surface area contributed by atoms with Crippen LogP contribution in [0.25, 0.3) is 0 Å². The summed E-state index contributed by atoms with van der Waals surface area (Å²) in [5, 5.41) is 1.32. The number of likely N-dealkylation sites (tertiary alicyclic amines) is 1. The number of benzene rings is 2. The van der Waals surface area contributed by atoms with Crippen molar-refractivity contribution in [1.82, 2.24) is 14.7 Å². The largest absolute Gasteiger partial charge is 0.444 e. The zero-order valence-corrected chi connectivity index (χ0v) is 27.4. The number of hydrogen-bond donors (Lipinski definition) is 0. The molecule has 0 aliphatic carbocycles. The van der Waals surface area contributed by atoms with E-state index in [0.717, 1.165) is 17.5 Å². The van der Waals surface area contributed by atoms with E-state index in [0.29, 0.717) is 55.6 Å². The third kappa shape index (κ3) is 7.65. The SMILES string of the molecule is C=CC[C@@]1(C=C)C[C@H](c2cccc(Cl)c2)[C@@H](c2ccc(Cl)cc2)N([C@@H](CC)CN2CCN(C(=O)OC(C)(C)C)CC2)C1=O. The fourth-order valence-electron chi connectivity index (χ4n) is 6.49. The second kappa shape index (κ2) is 13.9. The zero-order valence-electron chi connectivity index (χ0n) is 25.9. The van der Waals surface area contributed by atoms with Gasteiger partial charge in [0.1, 0.15) is 5.60 Å². The van der Waals surface area contributed by atoms with E-state index in [-0.39, 0.29) is 30.0 Å². The van der Waals surface area contributed by atoms with Crippen LogP contribution in [-0.4, -0.2) is 71.1 Å². The lowest BCUT2D eigenvalue weighted by Crippen LogP contribution is -2.59. The molecule has 0 spiro atoms. The van der Waals surface area contributed by atoms with Gasteiger partial charge in [-0.2, -0.15) is 0 Å². The summed E-state index contributed by atoms with van der Waals surface area (Å²) in [6.45, 7) is 19.2. The second-order valence-electron chi connectivity index (χ2n) is 12.8. The number of piperazine rings is 1. The van der Waals surface area contributed by atoms with Gasteiger partial charge in [0.2, 0.25) is 5.91 Å². The summed E-state index contributed by atoms with van der Waals surface area (Å²) in [4.78, 5) is 33.7. The van der Waals surface area contributed by atoms with Gasteiger partial charge < -0.3 is 14.5 Å². The lowest BCUT2D eigenvalue weighted by Gasteiger charge is -2.53. The highest BCUT2D eigenvalue weighted by Gasteiger charge is 2.52. The van der Waals surface area contributed by atoms with Crippen molar-refractivity contribution in [2.45, 2.75) is 70.6 Å². The van der Waals surface area contributed by atoms with Gasteiger partial charge in [-0.25, -0.2) is 4.79 Å². The highest BCUT2D eigenvalue weighted by Crippen LogP contribution is 2.53. The maximum atomic E-state index is 14.7. The maximum absolute atomic E-state index is 14.7. The van der Waals surface area contributed by atoms with Gasteiger partial charge in [0, 0.05) is 54.7 Å². The third-order valence-corrected chi connectivity index (χ3v) is 9.16. The first-order valence-corrected chi connectivity index (χ1v) is 16.0. The Morgan fingerprint density at radius 2 is 1.72 bits per heavy atom. The van der Waals surface area contributed by atoms with Gasteiger partial charge in [0.15, 0.2) is 0 Å². The minimum absolute atomic E-state index is 0.0337. The van der Waals surface area contributed by atoms with Crippen LogP contribution in [0.1, 0.15) is 70.0 Å². The monoisotopic (exact) mass is 625 g/mol. The molecule has 0 bridgehead atoms. The summed E-state index contributed by atoms with van der Waals surface area (Å²) < 4.78 is 5.60. The normalized spacial score (nSPS) is 24.0. The van der Waals surface area contributed by atoms with Crippen LogP contribution in [0.15, 0.2) is 73.8 Å². The predicted octanol–water partition coefficient (Wildman–Crippen LogP) is 8.13. The highest BCUT2D eigenvalue weighted by atomic mass is 35.5. The van der Waals surface area contributed by atoms with Gasteiger partial charge >= 0.3 is 6.09 Å². The molecule has 43 heavy (non-hydrogen) atoms. The van der Waals surface area contributed by atoms with Gasteiger partial charge in [-0.1, -0.05) is 66.5 Å². The summed E-state index contributed by atoms with van der Waals surface area (Å²) in [5.41, 5.74) is 0.795. The van der Waals surface area contributed by atoms with Crippen molar-refractivity contribution in [2.24, 2.45) is 5.41 Å². The van der Waals surface area contributed by atoms with Crippen molar-refractivity contribution >= 4 is 35.2 Å². The Balaban J connectivity index is 1.70. The molecule has 0 aromatic heterocycles. The topological polar surface area (TPSA) is 53.1 Å². The number of ether oxygens (including phenoxy) is 1. The molecule has 2 saturated heterocycles. The lowest BCUT2D eigenvalue weighted by molar-refractivity contribution is -0.153. The van der Waals surface area contributed by atoms with E-state index in [1.165, 1.54) is 0 Å². The van der Waals surface area contributed by atoms with E-state index in [4.69, 9.17) is 27.9 Å². The molecule has 0 saturated carbocycles. The number of piperidine rings is 1. The van der Waals surface area contributed by atoms with Crippen molar-refractivity contribution in [3.8, 4) is 0 Å². The Hall–Kier alpha value is -2.80. The first-order valence-electron chi connectivity index (χ1n) is 15.2. The molecule has 2 aromatic carbocycles. The molecule has 4 rings (SSSR count). The van der Waals surface area contributed by atoms with Crippen molar-refractivity contribution < 1.29 is 14.3 Å². The number of hydrogen-bond acceptors (Lipinski definition) is 4. The third-order valence-electron chi connectivity index (χ3n) is 8.67. The smallest absolute Gasteiger partial charge is 0.410 e. The molecule has 0 radical (unpaired) electrons. The van der Waals surface area contributed by atoms with Crippen molar-refractivity contribution in [3.63, 3.8) is 0 Å². The number of nitrogens with zero attached hydrogens (tertiary/aromatic N) is 3. The first-order chi connectivity index (χ1) is 20.4. The van der Waals surface area contributed by atoms with Crippen molar-refractivity contribution in [2.75, 3.05) is 32.7 Å². The van der Waals surface area contributed by atoms with Crippen LogP contribution >= 0.6 is 23.2 Å². The number of allylic oxidation sites excluding steroid dienone is 1. The molecule has 232 valence electrons. The lowest BCUT2D eigenvalue weighted by atomic mass is 9.66. The molecule has 4 atom stereocenters. The quantitative estimate of drug-likeness (QED) is 0.264. The van der Waals surface area contributed by atoms with Crippen LogP contribution < -0.4 is 0 Å². The molecule has 2 amide bonds. The van der Waals surface area contributed by atoms with Gasteiger partial charge in [0.25, 0.3) is 0 Å².